The quantitative estimate of drug-likeness (QED) is 0.755. The summed E-state index contributed by atoms with van der Waals surface area (Å²) in [7, 11) is 0. The molecule has 0 saturated carbocycles. The molecular weight excluding hydrogens is 167 g/mol. The van der Waals surface area contributed by atoms with Gasteiger partial charge in [-0.1, -0.05) is 30.9 Å². The highest BCUT2D eigenvalue weighted by Crippen LogP contribution is 2.21. The molecule has 0 saturated heterocycles. The second-order valence-electron chi connectivity index (χ2n) is 2.83. The van der Waals surface area contributed by atoms with Crippen LogP contribution in [0, 0.1) is 12.7 Å². The van der Waals surface area contributed by atoms with Crippen molar-refractivity contribution in [3.8, 4) is 0 Å². The van der Waals surface area contributed by atoms with E-state index in [0.717, 1.165) is 0 Å². The number of hydrogen-bond acceptors (Lipinski definition) is 1. The zero-order valence-electron chi connectivity index (χ0n) is 7.33. The van der Waals surface area contributed by atoms with E-state index in [1.165, 1.54) is 6.08 Å². The first-order valence-electron chi connectivity index (χ1n) is 4.05. The van der Waals surface area contributed by atoms with Crippen molar-refractivity contribution in [2.24, 2.45) is 0 Å². The molecule has 0 aliphatic rings. The van der Waals surface area contributed by atoms with Crippen molar-refractivity contribution in [3.05, 3.63) is 48.6 Å². The van der Waals surface area contributed by atoms with Crippen LogP contribution < -0.4 is 0 Å². The van der Waals surface area contributed by atoms with E-state index >= 15 is 0 Å². The molecule has 0 heterocycles. The maximum absolute atomic E-state index is 13.5. The van der Waals surface area contributed by atoms with E-state index in [0.29, 0.717) is 11.1 Å². The molecule has 0 amide bonds. The minimum absolute atomic E-state index is 0.155. The summed E-state index contributed by atoms with van der Waals surface area (Å²) in [5.74, 6) is -0.758. The largest absolute Gasteiger partial charge is 0.396 e. The lowest BCUT2D eigenvalue weighted by molar-refractivity contribution is 0.280. The molecule has 13 heavy (non-hydrogen) atoms. The Hall–Kier alpha value is -1.15. The second-order valence-corrected chi connectivity index (χ2v) is 2.83. The fourth-order valence-corrected chi connectivity index (χ4v) is 1.14. The zero-order valence-corrected chi connectivity index (χ0v) is 7.33. The first kappa shape index (κ1) is 9.93. The lowest BCUT2D eigenvalue weighted by Gasteiger charge is -2.10. The smallest absolute Gasteiger partial charge is 0.133 e. The number of halogens is 1. The van der Waals surface area contributed by atoms with Crippen LogP contribution in [0.25, 0.3) is 6.08 Å². The van der Waals surface area contributed by atoms with Crippen LogP contribution in [0.5, 0.6) is 0 Å². The molecule has 69 valence electrons. The van der Waals surface area contributed by atoms with E-state index in [2.05, 4.69) is 13.5 Å². The molecule has 1 N–H and O–H groups in total. The maximum atomic E-state index is 13.5. The Kier molecular flexibility index (Phi) is 3.20. The molecule has 0 fully saturated rings. The highest BCUT2D eigenvalue weighted by atomic mass is 19.1. The van der Waals surface area contributed by atoms with Gasteiger partial charge in [0, 0.05) is 11.5 Å². The van der Waals surface area contributed by atoms with Gasteiger partial charge in [-0.3, -0.25) is 0 Å². The molecule has 0 aliphatic heterocycles. The topological polar surface area (TPSA) is 20.2 Å². The zero-order chi connectivity index (χ0) is 9.84. The maximum Gasteiger partial charge on any atom is 0.133 e. The molecule has 0 aromatic heterocycles. The van der Waals surface area contributed by atoms with Gasteiger partial charge in [0.05, 0.1) is 6.61 Å². The molecule has 1 radical (unpaired) electrons. The van der Waals surface area contributed by atoms with Gasteiger partial charge in [-0.05, 0) is 12.5 Å². The summed E-state index contributed by atoms with van der Waals surface area (Å²) >= 11 is 0. The fraction of sp³-hybridized carbons (Fsp3) is 0.182. The van der Waals surface area contributed by atoms with E-state index in [1.807, 2.05) is 0 Å². The summed E-state index contributed by atoms with van der Waals surface area (Å²) in [6.45, 7) is 6.98. The highest BCUT2D eigenvalue weighted by Gasteiger charge is 2.11. The third-order valence-electron chi connectivity index (χ3n) is 1.94. The van der Waals surface area contributed by atoms with Gasteiger partial charge in [-0.15, -0.1) is 0 Å². The molecule has 1 rings (SSSR count). The van der Waals surface area contributed by atoms with Crippen molar-refractivity contribution in [2.45, 2.75) is 5.92 Å². The van der Waals surface area contributed by atoms with Gasteiger partial charge < -0.3 is 5.11 Å². The van der Waals surface area contributed by atoms with Crippen LogP contribution in [0.2, 0.25) is 0 Å². The van der Waals surface area contributed by atoms with Crippen molar-refractivity contribution in [2.75, 3.05) is 6.61 Å². The first-order chi connectivity index (χ1) is 6.20. The highest BCUT2D eigenvalue weighted by molar-refractivity contribution is 5.49. The lowest BCUT2D eigenvalue weighted by atomic mass is 9.99. The Labute approximate surface area is 77.5 Å². The summed E-state index contributed by atoms with van der Waals surface area (Å²) in [5.41, 5.74) is 0.875. The van der Waals surface area contributed by atoms with Crippen LogP contribution >= 0.6 is 0 Å². The van der Waals surface area contributed by atoms with Crippen molar-refractivity contribution >= 4 is 6.08 Å². The third kappa shape index (κ3) is 1.95. The predicted octanol–water partition coefficient (Wildman–Crippen LogP) is 2.38. The molecule has 1 unspecified atom stereocenters. The summed E-state index contributed by atoms with van der Waals surface area (Å²) < 4.78 is 13.5. The minimum Gasteiger partial charge on any atom is -0.396 e. The second kappa shape index (κ2) is 4.19. The Morgan fingerprint density at radius 3 is 2.77 bits per heavy atom. The Morgan fingerprint density at radius 2 is 2.23 bits per heavy atom. The monoisotopic (exact) mass is 179 g/mol. The molecular formula is C11H12FO. The van der Waals surface area contributed by atoms with E-state index < -0.39 is 5.92 Å². The van der Waals surface area contributed by atoms with Crippen molar-refractivity contribution < 1.29 is 9.50 Å². The average molecular weight is 179 g/mol. The summed E-state index contributed by atoms with van der Waals surface area (Å²) in [6.07, 6.45) is 1.45. The van der Waals surface area contributed by atoms with Crippen molar-refractivity contribution in [3.63, 3.8) is 0 Å². The van der Waals surface area contributed by atoms with Crippen LogP contribution in [0.3, 0.4) is 0 Å². The Bertz CT molecular complexity index is 307. The molecule has 1 atom stereocenters. The number of aliphatic hydroxyl groups excluding tert-OH is 1. The molecule has 1 aromatic rings. The molecule has 2 heteroatoms. The summed E-state index contributed by atoms with van der Waals surface area (Å²) in [6, 6.07) is 4.98. The fourth-order valence-electron chi connectivity index (χ4n) is 1.14. The SMILES string of the molecule is [CH2]C(CO)c1cccc(C=C)c1F. The van der Waals surface area contributed by atoms with Crippen LogP contribution in [0.1, 0.15) is 17.0 Å². The summed E-state index contributed by atoms with van der Waals surface area (Å²) in [4.78, 5) is 0. The van der Waals surface area contributed by atoms with Gasteiger partial charge in [-0.25, -0.2) is 4.39 Å². The molecule has 1 nitrogen and oxygen atoms in total. The summed E-state index contributed by atoms with van der Waals surface area (Å²) in [5, 5.41) is 8.82. The van der Waals surface area contributed by atoms with E-state index in [9.17, 15) is 4.39 Å². The first-order valence-corrected chi connectivity index (χ1v) is 4.05. The number of aliphatic hydroxyl groups is 1. The van der Waals surface area contributed by atoms with Gasteiger partial charge >= 0.3 is 0 Å². The molecule has 0 bridgehead atoms. The van der Waals surface area contributed by atoms with Gasteiger partial charge in [0.25, 0.3) is 0 Å². The van der Waals surface area contributed by atoms with Gasteiger partial charge in [0.15, 0.2) is 0 Å². The van der Waals surface area contributed by atoms with Crippen LogP contribution in [-0.4, -0.2) is 11.7 Å². The number of benzene rings is 1. The predicted molar refractivity (Wildman–Crippen MR) is 51.7 cm³/mol. The van der Waals surface area contributed by atoms with Crippen LogP contribution in [-0.2, 0) is 0 Å². The van der Waals surface area contributed by atoms with Gasteiger partial charge in [0.1, 0.15) is 5.82 Å². The molecule has 0 spiro atoms. The molecule has 0 aliphatic carbocycles. The van der Waals surface area contributed by atoms with Crippen LogP contribution in [0.4, 0.5) is 4.39 Å². The van der Waals surface area contributed by atoms with Gasteiger partial charge in [-0.2, -0.15) is 0 Å². The number of hydrogen-bond donors (Lipinski definition) is 1. The van der Waals surface area contributed by atoms with Crippen LogP contribution in [0.15, 0.2) is 24.8 Å². The standard InChI is InChI=1S/C11H12FO/c1-3-9-5-4-6-10(11(9)12)8(2)7-13/h3-6,8,13H,1-2,7H2. The van der Waals surface area contributed by atoms with E-state index in [4.69, 9.17) is 5.11 Å². The minimum atomic E-state index is -0.417. The number of rotatable bonds is 3. The average Bonchev–Trinajstić information content (AvgIpc) is 2.17. The van der Waals surface area contributed by atoms with E-state index in [-0.39, 0.29) is 12.4 Å². The Balaban J connectivity index is 3.15. The normalized spacial score (nSPS) is 12.5. The molecule has 1 aromatic carbocycles. The van der Waals surface area contributed by atoms with Gasteiger partial charge in [0.2, 0.25) is 0 Å². The lowest BCUT2D eigenvalue weighted by Crippen LogP contribution is -2.03. The third-order valence-corrected chi connectivity index (χ3v) is 1.94. The van der Waals surface area contributed by atoms with Crippen molar-refractivity contribution in [1.82, 2.24) is 0 Å². The van der Waals surface area contributed by atoms with E-state index in [1.54, 1.807) is 18.2 Å². The Morgan fingerprint density at radius 1 is 1.54 bits per heavy atom. The van der Waals surface area contributed by atoms with Crippen molar-refractivity contribution in [1.29, 1.82) is 0 Å².